The smallest absolute Gasteiger partial charge is 0.225 e. The van der Waals surface area contributed by atoms with Crippen LogP contribution in [-0.4, -0.2) is 4.57 Å². The molecule has 0 atom stereocenters. The summed E-state index contributed by atoms with van der Waals surface area (Å²) in [6.45, 7) is 11.5. The molecule has 204 valence electrons. The number of hydrogen-bond donors (Lipinski definition) is 0. The van der Waals surface area contributed by atoms with Gasteiger partial charge in [-0.25, -0.2) is 4.57 Å². The topological polar surface area (TPSA) is 8.81 Å². The van der Waals surface area contributed by atoms with Crippen LogP contribution in [-0.2, 0) is 7.05 Å². The molecule has 5 aromatic carbocycles. The van der Waals surface area contributed by atoms with Gasteiger partial charge in [0.05, 0.1) is 12.6 Å². The predicted molar refractivity (Wildman–Crippen MR) is 174 cm³/mol. The van der Waals surface area contributed by atoms with E-state index in [9.17, 15) is 0 Å². The van der Waals surface area contributed by atoms with Crippen LogP contribution in [0.2, 0.25) is 0 Å². The SMILES string of the molecule is Cc1cc(-c2ccccc2)ccc1-c1n(-c2c(C(C)C)cc(-c3ccccc3)cc2C(C)C)c2ccccc2[n+]1C. The first kappa shape index (κ1) is 26.8. The Bertz CT molecular complexity index is 1810. The van der Waals surface area contributed by atoms with E-state index in [4.69, 9.17) is 0 Å². The zero-order valence-electron chi connectivity index (χ0n) is 25.0. The average Bonchev–Trinajstić information content (AvgIpc) is 3.28. The number of aryl methyl sites for hydroxylation is 2. The molecule has 0 fully saturated rings. The van der Waals surface area contributed by atoms with Gasteiger partial charge in [-0.2, -0.15) is 4.57 Å². The minimum atomic E-state index is 0.354. The Labute approximate surface area is 244 Å². The third-order valence-corrected chi connectivity index (χ3v) is 8.33. The van der Waals surface area contributed by atoms with E-state index in [1.54, 1.807) is 0 Å². The molecule has 41 heavy (non-hydrogen) atoms. The number of para-hydroxylation sites is 2. The highest BCUT2D eigenvalue weighted by atomic mass is 15.2. The molecule has 2 heteroatoms. The molecule has 0 unspecified atom stereocenters. The Morgan fingerprint density at radius 1 is 0.561 bits per heavy atom. The van der Waals surface area contributed by atoms with Gasteiger partial charge in [0.25, 0.3) is 5.82 Å². The molecular formula is C39H39N2+. The van der Waals surface area contributed by atoms with Gasteiger partial charge in [-0.15, -0.1) is 0 Å². The number of nitrogens with zero attached hydrogens (tertiary/aromatic N) is 2. The zero-order valence-corrected chi connectivity index (χ0v) is 25.0. The molecule has 1 aromatic heterocycles. The van der Waals surface area contributed by atoms with Gasteiger partial charge in [-0.3, -0.25) is 0 Å². The molecule has 2 nitrogen and oxygen atoms in total. The number of imidazole rings is 1. The third kappa shape index (κ3) is 4.78. The molecule has 0 aliphatic rings. The fraction of sp³-hybridized carbons (Fsp3) is 0.205. The van der Waals surface area contributed by atoms with E-state index in [2.05, 4.69) is 166 Å². The van der Waals surface area contributed by atoms with Crippen molar-refractivity contribution in [1.29, 1.82) is 0 Å². The van der Waals surface area contributed by atoms with Crippen LogP contribution >= 0.6 is 0 Å². The summed E-state index contributed by atoms with van der Waals surface area (Å²) in [4.78, 5) is 0. The minimum absolute atomic E-state index is 0.354. The van der Waals surface area contributed by atoms with Crippen molar-refractivity contribution in [2.24, 2.45) is 7.05 Å². The van der Waals surface area contributed by atoms with Crippen molar-refractivity contribution >= 4 is 11.0 Å². The molecule has 0 saturated carbocycles. The molecule has 0 bridgehead atoms. The van der Waals surface area contributed by atoms with Crippen LogP contribution in [0.4, 0.5) is 0 Å². The maximum Gasteiger partial charge on any atom is 0.295 e. The fourth-order valence-electron chi connectivity index (χ4n) is 6.18. The lowest BCUT2D eigenvalue weighted by molar-refractivity contribution is -0.633. The Hall–Kier alpha value is -4.43. The van der Waals surface area contributed by atoms with E-state index in [0.29, 0.717) is 11.8 Å². The molecule has 1 heterocycles. The second kappa shape index (κ2) is 10.9. The van der Waals surface area contributed by atoms with Crippen molar-refractivity contribution in [2.75, 3.05) is 0 Å². The van der Waals surface area contributed by atoms with E-state index in [1.165, 1.54) is 67.1 Å². The lowest BCUT2D eigenvalue weighted by Gasteiger charge is -2.21. The van der Waals surface area contributed by atoms with Crippen molar-refractivity contribution in [3.05, 3.63) is 132 Å². The van der Waals surface area contributed by atoms with Crippen molar-refractivity contribution < 1.29 is 4.57 Å². The molecule has 6 rings (SSSR count). The van der Waals surface area contributed by atoms with Crippen LogP contribution in [0, 0.1) is 6.92 Å². The van der Waals surface area contributed by atoms with Gasteiger partial charge in [0.2, 0.25) is 0 Å². The number of rotatable bonds is 6. The van der Waals surface area contributed by atoms with E-state index < -0.39 is 0 Å². The number of hydrogen-bond acceptors (Lipinski definition) is 0. The van der Waals surface area contributed by atoms with Crippen LogP contribution in [0.1, 0.15) is 56.2 Å². The molecule has 0 spiro atoms. The number of fused-ring (bicyclic) bond motifs is 1. The first-order chi connectivity index (χ1) is 19.8. The van der Waals surface area contributed by atoms with Crippen LogP contribution in [0.3, 0.4) is 0 Å². The summed E-state index contributed by atoms with van der Waals surface area (Å²) in [6, 6.07) is 42.0. The molecule has 0 N–H and O–H groups in total. The predicted octanol–water partition coefficient (Wildman–Crippen LogP) is 10.0. The van der Waals surface area contributed by atoms with E-state index in [0.717, 1.165) is 0 Å². The molecule has 0 radical (unpaired) electrons. The number of benzene rings is 5. The van der Waals surface area contributed by atoms with Gasteiger partial charge >= 0.3 is 0 Å². The minimum Gasteiger partial charge on any atom is -0.225 e. The van der Waals surface area contributed by atoms with E-state index >= 15 is 0 Å². The summed E-state index contributed by atoms with van der Waals surface area (Å²) in [5.74, 6) is 1.92. The maximum atomic E-state index is 2.54. The summed E-state index contributed by atoms with van der Waals surface area (Å²) >= 11 is 0. The summed E-state index contributed by atoms with van der Waals surface area (Å²) in [5, 5.41) is 0. The second-order valence-corrected chi connectivity index (χ2v) is 11.8. The molecule has 6 aromatic rings. The Kier molecular flexibility index (Phi) is 7.09. The van der Waals surface area contributed by atoms with Gasteiger partial charge < -0.3 is 0 Å². The summed E-state index contributed by atoms with van der Waals surface area (Å²) in [6.07, 6.45) is 0. The van der Waals surface area contributed by atoms with Crippen molar-refractivity contribution in [3.63, 3.8) is 0 Å². The molecule has 0 aliphatic heterocycles. The summed E-state index contributed by atoms with van der Waals surface area (Å²) in [5.41, 5.74) is 14.1. The number of aromatic nitrogens is 2. The third-order valence-electron chi connectivity index (χ3n) is 8.33. The van der Waals surface area contributed by atoms with Crippen LogP contribution in [0.5, 0.6) is 0 Å². The lowest BCUT2D eigenvalue weighted by Crippen LogP contribution is -2.30. The van der Waals surface area contributed by atoms with E-state index in [1.807, 2.05) is 0 Å². The largest absolute Gasteiger partial charge is 0.295 e. The second-order valence-electron chi connectivity index (χ2n) is 11.8. The quantitative estimate of drug-likeness (QED) is 0.188. The van der Waals surface area contributed by atoms with Crippen molar-refractivity contribution in [2.45, 2.75) is 46.5 Å². The Morgan fingerprint density at radius 3 is 1.66 bits per heavy atom. The van der Waals surface area contributed by atoms with Gasteiger partial charge in [0.1, 0.15) is 5.69 Å². The molecule has 0 saturated heterocycles. The van der Waals surface area contributed by atoms with Crippen LogP contribution in [0.15, 0.2) is 115 Å². The van der Waals surface area contributed by atoms with Gasteiger partial charge in [-0.05, 0) is 76.9 Å². The standard InChI is InChI=1S/C39H39N2/c1-26(2)34-24-32(30-17-11-8-12-18-30)25-35(27(3)4)38(34)41-37-20-14-13-19-36(37)40(6)39(41)33-22-21-31(23-28(33)5)29-15-9-7-10-16-29/h7-27H,1-6H3/q+1. The molecular weight excluding hydrogens is 496 g/mol. The fourth-order valence-corrected chi connectivity index (χ4v) is 6.18. The summed E-state index contributed by atoms with van der Waals surface area (Å²) < 4.78 is 4.92. The lowest BCUT2D eigenvalue weighted by atomic mass is 9.88. The van der Waals surface area contributed by atoms with Gasteiger partial charge in [0, 0.05) is 11.1 Å². The Balaban J connectivity index is 1.67. The van der Waals surface area contributed by atoms with E-state index in [-0.39, 0.29) is 0 Å². The van der Waals surface area contributed by atoms with Gasteiger partial charge in [0.15, 0.2) is 11.0 Å². The highest BCUT2D eigenvalue weighted by Crippen LogP contribution is 2.40. The maximum absolute atomic E-state index is 2.54. The molecule has 0 amide bonds. The van der Waals surface area contributed by atoms with Crippen LogP contribution in [0.25, 0.3) is 50.4 Å². The van der Waals surface area contributed by atoms with Crippen molar-refractivity contribution in [1.82, 2.24) is 4.57 Å². The normalized spacial score (nSPS) is 11.6. The van der Waals surface area contributed by atoms with Gasteiger partial charge in [-0.1, -0.05) is 113 Å². The zero-order chi connectivity index (χ0) is 28.7. The van der Waals surface area contributed by atoms with Crippen LogP contribution < -0.4 is 4.57 Å². The first-order valence-electron chi connectivity index (χ1n) is 14.7. The first-order valence-corrected chi connectivity index (χ1v) is 14.7. The summed E-state index contributed by atoms with van der Waals surface area (Å²) in [7, 11) is 2.21. The molecule has 0 aliphatic carbocycles. The highest BCUT2D eigenvalue weighted by Gasteiger charge is 2.31. The van der Waals surface area contributed by atoms with Crippen molar-refractivity contribution in [3.8, 4) is 39.3 Å². The highest BCUT2D eigenvalue weighted by molar-refractivity contribution is 5.83. The Morgan fingerprint density at radius 2 is 1.10 bits per heavy atom. The monoisotopic (exact) mass is 535 g/mol. The average molecular weight is 536 g/mol.